The highest BCUT2D eigenvalue weighted by atomic mass is 32.2. The average Bonchev–Trinajstić information content (AvgIpc) is 2.83. The van der Waals surface area contributed by atoms with Crippen molar-refractivity contribution in [2.24, 2.45) is 5.92 Å². The summed E-state index contributed by atoms with van der Waals surface area (Å²) >= 11 is -1.99. The number of hydrogen-bond donors (Lipinski definition) is 3. The van der Waals surface area contributed by atoms with E-state index in [1.54, 1.807) is 18.3 Å². The molecule has 3 unspecified atom stereocenters. The van der Waals surface area contributed by atoms with E-state index >= 15 is 0 Å². The van der Waals surface area contributed by atoms with Gasteiger partial charge in [-0.1, -0.05) is 18.2 Å². The highest BCUT2D eigenvalue weighted by Gasteiger charge is 2.43. The Bertz CT molecular complexity index is 1190. The van der Waals surface area contributed by atoms with Crippen molar-refractivity contribution in [1.29, 1.82) is 5.41 Å². The zero-order valence-corrected chi connectivity index (χ0v) is 21.3. The van der Waals surface area contributed by atoms with E-state index in [0.717, 1.165) is 18.3 Å². The Labute approximate surface area is 219 Å². The molecule has 3 rings (SSSR count). The van der Waals surface area contributed by atoms with Crippen LogP contribution in [-0.2, 0) is 11.4 Å². The zero-order valence-electron chi connectivity index (χ0n) is 20.5. The third-order valence-electron chi connectivity index (χ3n) is 5.72. The molecule has 5 nitrogen and oxygen atoms in total. The van der Waals surface area contributed by atoms with Crippen molar-refractivity contribution in [2.45, 2.75) is 50.8 Å². The highest BCUT2D eigenvalue weighted by Crippen LogP contribution is 2.38. The standard InChI is InChI=1S/C26H27F6N3O2S/c1-15(2)34-14-18(13-33)23-7-6-16(17-8-20(27)12-21(9-17)37-25(28)29)10-24(23)35-38(36)22-5-3-4-19(11-22)26(30,31)32/h3,5-10,12-15,19,22,25,33-35H,4,11H2,1-2H3/b18-14+,33-13?. The molecule has 0 amide bonds. The number of ether oxygens (including phenoxy) is 1. The minimum atomic E-state index is -4.42. The van der Waals surface area contributed by atoms with Gasteiger partial charge in [-0.3, -0.25) is 0 Å². The van der Waals surface area contributed by atoms with Crippen LogP contribution in [-0.4, -0.2) is 34.8 Å². The fraction of sp³-hybridized carbons (Fsp3) is 0.346. The molecular formula is C26H27F6N3O2S. The molecule has 1 aliphatic carbocycles. The van der Waals surface area contributed by atoms with Crippen molar-refractivity contribution >= 4 is 28.8 Å². The van der Waals surface area contributed by atoms with Gasteiger partial charge in [0.1, 0.15) is 11.6 Å². The lowest BCUT2D eigenvalue weighted by Crippen LogP contribution is -2.35. The Morgan fingerprint density at radius 3 is 2.53 bits per heavy atom. The van der Waals surface area contributed by atoms with Gasteiger partial charge in [-0.05, 0) is 55.7 Å². The Hall–Kier alpha value is -3.12. The van der Waals surface area contributed by atoms with E-state index < -0.39 is 46.9 Å². The van der Waals surface area contributed by atoms with Gasteiger partial charge in [0, 0.05) is 42.1 Å². The summed E-state index contributed by atoms with van der Waals surface area (Å²) in [5, 5.41) is 9.95. The van der Waals surface area contributed by atoms with Crippen molar-refractivity contribution in [3.05, 3.63) is 66.1 Å². The molecule has 0 fully saturated rings. The molecular weight excluding hydrogens is 532 g/mol. The topological polar surface area (TPSA) is 80.2 Å². The van der Waals surface area contributed by atoms with Crippen LogP contribution in [0.15, 0.2) is 54.8 Å². The quantitative estimate of drug-likeness (QED) is 0.126. The predicted octanol–water partition coefficient (Wildman–Crippen LogP) is 7.06. The van der Waals surface area contributed by atoms with Crippen molar-refractivity contribution in [3.8, 4) is 16.9 Å². The third-order valence-corrected chi connectivity index (χ3v) is 7.05. The van der Waals surface area contributed by atoms with Crippen LogP contribution in [0.1, 0.15) is 32.3 Å². The second-order valence-corrected chi connectivity index (χ2v) is 10.4. The van der Waals surface area contributed by atoms with Crippen LogP contribution in [0.2, 0.25) is 0 Å². The van der Waals surface area contributed by atoms with Gasteiger partial charge < -0.3 is 20.0 Å². The maximum absolute atomic E-state index is 14.2. The van der Waals surface area contributed by atoms with Gasteiger partial charge in [-0.25, -0.2) is 9.11 Å². The first-order valence-corrected chi connectivity index (χ1v) is 12.9. The van der Waals surface area contributed by atoms with Crippen LogP contribution in [0, 0.1) is 17.1 Å². The summed E-state index contributed by atoms with van der Waals surface area (Å²) in [6.07, 6.45) is 0.468. The first-order valence-electron chi connectivity index (χ1n) is 11.6. The number of alkyl halides is 5. The van der Waals surface area contributed by atoms with Crippen LogP contribution in [0.5, 0.6) is 5.75 Å². The van der Waals surface area contributed by atoms with Gasteiger partial charge in [-0.2, -0.15) is 22.0 Å². The van der Waals surface area contributed by atoms with Crippen LogP contribution < -0.4 is 14.8 Å². The first-order chi connectivity index (χ1) is 17.9. The molecule has 2 aromatic rings. The number of halogens is 6. The third kappa shape index (κ3) is 7.94. The van der Waals surface area contributed by atoms with Crippen LogP contribution in [0.25, 0.3) is 16.7 Å². The lowest BCUT2D eigenvalue weighted by atomic mass is 9.94. The van der Waals surface area contributed by atoms with Crippen LogP contribution in [0.4, 0.5) is 32.0 Å². The maximum Gasteiger partial charge on any atom is 0.392 e. The second-order valence-electron chi connectivity index (χ2n) is 8.96. The van der Waals surface area contributed by atoms with Crippen molar-refractivity contribution < 1.29 is 35.6 Å². The highest BCUT2D eigenvalue weighted by molar-refractivity contribution is 7.93. The number of anilines is 1. The molecule has 206 valence electrons. The number of benzene rings is 2. The van der Waals surface area contributed by atoms with E-state index in [9.17, 15) is 30.9 Å². The number of nitrogens with one attached hydrogen (secondary N) is 3. The molecule has 0 spiro atoms. The largest absolute Gasteiger partial charge is 0.593 e. The fourth-order valence-corrected chi connectivity index (χ4v) is 5.07. The Morgan fingerprint density at radius 2 is 1.89 bits per heavy atom. The minimum Gasteiger partial charge on any atom is -0.593 e. The summed E-state index contributed by atoms with van der Waals surface area (Å²) in [6.45, 7) is 0.597. The van der Waals surface area contributed by atoms with Crippen LogP contribution in [0.3, 0.4) is 0 Å². The molecule has 0 radical (unpaired) electrons. The Kier molecular flexibility index (Phi) is 9.77. The van der Waals surface area contributed by atoms with Gasteiger partial charge in [0.05, 0.1) is 23.0 Å². The maximum atomic E-state index is 14.2. The summed E-state index contributed by atoms with van der Waals surface area (Å²) < 4.78 is 99.6. The molecule has 0 heterocycles. The van der Waals surface area contributed by atoms with Gasteiger partial charge in [0.25, 0.3) is 0 Å². The van der Waals surface area contributed by atoms with Crippen LogP contribution >= 0.6 is 0 Å². The molecule has 3 atom stereocenters. The lowest BCUT2D eigenvalue weighted by Gasteiger charge is -2.28. The van der Waals surface area contributed by atoms with Crippen molar-refractivity contribution in [1.82, 2.24) is 5.32 Å². The Balaban J connectivity index is 2.02. The van der Waals surface area contributed by atoms with Gasteiger partial charge >= 0.3 is 12.8 Å². The zero-order chi connectivity index (χ0) is 28.0. The second kappa shape index (κ2) is 12.6. The van der Waals surface area contributed by atoms with E-state index in [1.165, 1.54) is 24.3 Å². The molecule has 2 aromatic carbocycles. The summed E-state index contributed by atoms with van der Waals surface area (Å²) in [6, 6.07) is 7.71. The smallest absolute Gasteiger partial charge is 0.392 e. The summed E-state index contributed by atoms with van der Waals surface area (Å²) in [7, 11) is 0. The predicted molar refractivity (Wildman–Crippen MR) is 137 cm³/mol. The Morgan fingerprint density at radius 1 is 1.16 bits per heavy atom. The van der Waals surface area contributed by atoms with E-state index in [0.29, 0.717) is 16.7 Å². The SMILES string of the molecule is CC(C)N/C=C(\C=N)c1ccc(-c2cc(F)cc(OC(F)F)c2)cc1N[S+]([O-])C1C=CCC(C(F)(F)F)C1. The molecule has 0 aromatic heterocycles. The van der Waals surface area contributed by atoms with E-state index in [-0.39, 0.29) is 30.1 Å². The van der Waals surface area contributed by atoms with E-state index in [1.807, 2.05) is 13.8 Å². The molecule has 1 aliphatic rings. The van der Waals surface area contributed by atoms with Crippen molar-refractivity contribution in [3.63, 3.8) is 0 Å². The normalized spacial score (nSPS) is 19.0. The number of hydrogen-bond acceptors (Lipinski definition) is 5. The van der Waals surface area contributed by atoms with Gasteiger partial charge in [0.15, 0.2) is 5.25 Å². The number of rotatable bonds is 10. The summed E-state index contributed by atoms with van der Waals surface area (Å²) in [4.78, 5) is 0. The molecule has 38 heavy (non-hydrogen) atoms. The van der Waals surface area contributed by atoms with Gasteiger partial charge in [0.2, 0.25) is 0 Å². The number of allylic oxidation sites excluding steroid dienone is 2. The molecule has 0 saturated carbocycles. The van der Waals surface area contributed by atoms with Crippen molar-refractivity contribution in [2.75, 3.05) is 4.72 Å². The average molecular weight is 560 g/mol. The molecule has 12 heteroatoms. The summed E-state index contributed by atoms with van der Waals surface area (Å²) in [5.74, 6) is -2.85. The minimum absolute atomic E-state index is 0.0296. The fourth-order valence-electron chi connectivity index (χ4n) is 3.87. The molecule has 0 bridgehead atoms. The molecule has 3 N–H and O–H groups in total. The van der Waals surface area contributed by atoms with Gasteiger partial charge in [-0.15, -0.1) is 0 Å². The molecule has 0 aliphatic heterocycles. The van der Waals surface area contributed by atoms with E-state index in [4.69, 9.17) is 5.41 Å². The lowest BCUT2D eigenvalue weighted by molar-refractivity contribution is -0.175. The molecule has 0 saturated heterocycles. The summed E-state index contributed by atoms with van der Waals surface area (Å²) in [5.41, 5.74) is 1.48. The van der Waals surface area contributed by atoms with E-state index in [2.05, 4.69) is 14.8 Å². The monoisotopic (exact) mass is 559 g/mol. The first kappa shape index (κ1) is 29.4.